The van der Waals surface area contributed by atoms with Crippen molar-refractivity contribution in [2.45, 2.75) is 6.92 Å². The summed E-state index contributed by atoms with van der Waals surface area (Å²) in [7, 11) is 1.59. The first-order valence-electron chi connectivity index (χ1n) is 5.65. The Morgan fingerprint density at radius 2 is 2.17 bits per heavy atom. The Morgan fingerprint density at radius 1 is 1.33 bits per heavy atom. The zero-order valence-corrected chi connectivity index (χ0v) is 11.0. The van der Waals surface area contributed by atoms with E-state index in [4.69, 9.17) is 16.3 Å². The molecule has 1 aromatic heterocycles. The summed E-state index contributed by atoms with van der Waals surface area (Å²) < 4.78 is 5.19. The summed E-state index contributed by atoms with van der Waals surface area (Å²) in [5.41, 5.74) is 1.77. The van der Waals surface area contributed by atoms with E-state index in [0.29, 0.717) is 16.7 Å². The Hall–Kier alpha value is -1.81. The topological polar surface area (TPSA) is 47.0 Å². The highest BCUT2D eigenvalue weighted by atomic mass is 35.5. The number of ether oxygens (including phenoxy) is 1. The third kappa shape index (κ3) is 2.71. The van der Waals surface area contributed by atoms with Crippen molar-refractivity contribution in [3.63, 3.8) is 0 Å². The van der Waals surface area contributed by atoms with Gasteiger partial charge in [0.1, 0.15) is 5.75 Å². The van der Waals surface area contributed by atoms with Crippen molar-refractivity contribution in [1.82, 2.24) is 9.97 Å². The molecule has 5 heteroatoms. The maximum absolute atomic E-state index is 5.99. The second-order valence-corrected chi connectivity index (χ2v) is 4.05. The van der Waals surface area contributed by atoms with Gasteiger partial charge in [0.2, 0.25) is 5.95 Å². The van der Waals surface area contributed by atoms with E-state index < -0.39 is 0 Å². The summed E-state index contributed by atoms with van der Waals surface area (Å²) in [6.07, 6.45) is 1.72. The predicted octanol–water partition coefficient (Wildman–Crippen LogP) is 3.24. The van der Waals surface area contributed by atoms with E-state index >= 15 is 0 Å². The highest BCUT2D eigenvalue weighted by Crippen LogP contribution is 2.29. The third-order valence-electron chi connectivity index (χ3n) is 2.44. The number of nitrogens with zero attached hydrogens (tertiary/aromatic N) is 2. The van der Waals surface area contributed by atoms with Gasteiger partial charge in [0.25, 0.3) is 0 Å². The highest BCUT2D eigenvalue weighted by molar-refractivity contribution is 6.32. The molecule has 0 aliphatic rings. The molecule has 0 amide bonds. The zero-order chi connectivity index (χ0) is 13.0. The first-order chi connectivity index (χ1) is 8.74. The van der Waals surface area contributed by atoms with Crippen LogP contribution in [0, 0.1) is 0 Å². The highest BCUT2D eigenvalue weighted by Gasteiger charge is 2.06. The number of halogens is 1. The minimum Gasteiger partial charge on any atom is -0.495 e. The van der Waals surface area contributed by atoms with Gasteiger partial charge >= 0.3 is 0 Å². The van der Waals surface area contributed by atoms with Crippen LogP contribution in [0.5, 0.6) is 5.75 Å². The smallest absolute Gasteiger partial charge is 0.223 e. The van der Waals surface area contributed by atoms with Crippen molar-refractivity contribution in [1.29, 1.82) is 0 Å². The standard InChI is InChI=1S/C13H14ClN3O/c1-3-15-13-16-7-6-11(17-13)9-4-5-10(14)12(8-9)18-2/h4-8H,3H2,1-2H3,(H,15,16,17). The van der Waals surface area contributed by atoms with E-state index in [2.05, 4.69) is 15.3 Å². The molecule has 0 saturated heterocycles. The van der Waals surface area contributed by atoms with Crippen LogP contribution in [0.3, 0.4) is 0 Å². The SMILES string of the molecule is CCNc1nccc(-c2ccc(Cl)c(OC)c2)n1. The van der Waals surface area contributed by atoms with Gasteiger partial charge < -0.3 is 10.1 Å². The fourth-order valence-electron chi connectivity index (χ4n) is 1.58. The molecule has 1 N–H and O–H groups in total. The maximum Gasteiger partial charge on any atom is 0.223 e. The lowest BCUT2D eigenvalue weighted by atomic mass is 10.1. The summed E-state index contributed by atoms with van der Waals surface area (Å²) in [6, 6.07) is 7.41. The van der Waals surface area contributed by atoms with Crippen LogP contribution < -0.4 is 10.1 Å². The lowest BCUT2D eigenvalue weighted by Crippen LogP contribution is -2.02. The van der Waals surface area contributed by atoms with Crippen LogP contribution in [-0.2, 0) is 0 Å². The molecule has 0 fully saturated rings. The van der Waals surface area contributed by atoms with Gasteiger partial charge in [-0.15, -0.1) is 0 Å². The molecule has 4 nitrogen and oxygen atoms in total. The Bertz CT molecular complexity index is 546. The summed E-state index contributed by atoms with van der Waals surface area (Å²) >= 11 is 5.99. The second-order valence-electron chi connectivity index (χ2n) is 3.65. The van der Waals surface area contributed by atoms with Crippen LogP contribution in [0.25, 0.3) is 11.3 Å². The van der Waals surface area contributed by atoms with E-state index in [9.17, 15) is 0 Å². The number of hydrogen-bond donors (Lipinski definition) is 1. The molecular weight excluding hydrogens is 250 g/mol. The molecule has 0 bridgehead atoms. The number of benzene rings is 1. The van der Waals surface area contributed by atoms with Gasteiger partial charge in [-0.25, -0.2) is 9.97 Å². The fourth-order valence-corrected chi connectivity index (χ4v) is 1.78. The first kappa shape index (κ1) is 12.6. The molecule has 18 heavy (non-hydrogen) atoms. The monoisotopic (exact) mass is 263 g/mol. The average Bonchev–Trinajstić information content (AvgIpc) is 2.40. The second kappa shape index (κ2) is 5.69. The average molecular weight is 264 g/mol. The number of methoxy groups -OCH3 is 1. The predicted molar refractivity (Wildman–Crippen MR) is 73.2 cm³/mol. The maximum atomic E-state index is 5.99. The van der Waals surface area contributed by atoms with Crippen LogP contribution in [-0.4, -0.2) is 23.6 Å². The largest absolute Gasteiger partial charge is 0.495 e. The lowest BCUT2D eigenvalue weighted by Gasteiger charge is -2.07. The lowest BCUT2D eigenvalue weighted by molar-refractivity contribution is 0.415. The van der Waals surface area contributed by atoms with Crippen molar-refractivity contribution in [2.24, 2.45) is 0 Å². The summed E-state index contributed by atoms with van der Waals surface area (Å²) in [5, 5.41) is 3.66. The van der Waals surface area contributed by atoms with Crippen molar-refractivity contribution < 1.29 is 4.74 Å². The van der Waals surface area contributed by atoms with E-state index in [1.54, 1.807) is 19.4 Å². The number of nitrogens with one attached hydrogen (secondary N) is 1. The van der Waals surface area contributed by atoms with Gasteiger partial charge in [0.15, 0.2) is 0 Å². The summed E-state index contributed by atoms with van der Waals surface area (Å²) in [5.74, 6) is 1.25. The Morgan fingerprint density at radius 3 is 2.89 bits per heavy atom. The van der Waals surface area contributed by atoms with Gasteiger partial charge in [-0.3, -0.25) is 0 Å². The molecule has 1 heterocycles. The number of rotatable bonds is 4. The third-order valence-corrected chi connectivity index (χ3v) is 2.75. The van der Waals surface area contributed by atoms with Crippen LogP contribution in [0.4, 0.5) is 5.95 Å². The Balaban J connectivity index is 2.38. The van der Waals surface area contributed by atoms with Gasteiger partial charge in [0.05, 0.1) is 17.8 Å². The van der Waals surface area contributed by atoms with Crippen molar-refractivity contribution in [2.75, 3.05) is 19.0 Å². The molecule has 0 aliphatic heterocycles. The van der Waals surface area contributed by atoms with Gasteiger partial charge in [-0.05, 0) is 25.1 Å². The molecule has 0 spiro atoms. The quantitative estimate of drug-likeness (QED) is 0.920. The van der Waals surface area contributed by atoms with Gasteiger partial charge in [-0.2, -0.15) is 0 Å². The van der Waals surface area contributed by atoms with E-state index in [1.165, 1.54) is 0 Å². The Labute approximate surface area is 111 Å². The van der Waals surface area contributed by atoms with E-state index in [1.807, 2.05) is 25.1 Å². The van der Waals surface area contributed by atoms with Crippen LogP contribution >= 0.6 is 11.6 Å². The number of hydrogen-bond acceptors (Lipinski definition) is 4. The molecule has 0 saturated carbocycles. The molecule has 2 rings (SSSR count). The van der Waals surface area contributed by atoms with E-state index in [0.717, 1.165) is 17.8 Å². The zero-order valence-electron chi connectivity index (χ0n) is 10.3. The fraction of sp³-hybridized carbons (Fsp3) is 0.231. The molecule has 0 unspecified atom stereocenters. The number of anilines is 1. The van der Waals surface area contributed by atoms with Crippen LogP contribution in [0.15, 0.2) is 30.5 Å². The minimum atomic E-state index is 0.585. The number of aromatic nitrogens is 2. The normalized spacial score (nSPS) is 10.2. The molecule has 1 aromatic carbocycles. The molecular formula is C13H14ClN3O. The van der Waals surface area contributed by atoms with E-state index in [-0.39, 0.29) is 0 Å². The van der Waals surface area contributed by atoms with Crippen LogP contribution in [0.1, 0.15) is 6.92 Å². The molecule has 94 valence electrons. The summed E-state index contributed by atoms with van der Waals surface area (Å²) in [6.45, 7) is 2.79. The van der Waals surface area contributed by atoms with Crippen molar-refractivity contribution in [3.8, 4) is 17.0 Å². The van der Waals surface area contributed by atoms with Crippen molar-refractivity contribution in [3.05, 3.63) is 35.5 Å². The van der Waals surface area contributed by atoms with Gasteiger partial charge in [0, 0.05) is 18.3 Å². The molecule has 0 atom stereocenters. The minimum absolute atomic E-state index is 0.585. The molecule has 2 aromatic rings. The first-order valence-corrected chi connectivity index (χ1v) is 6.03. The summed E-state index contributed by atoms with van der Waals surface area (Å²) in [4.78, 5) is 8.55. The van der Waals surface area contributed by atoms with Crippen molar-refractivity contribution >= 4 is 17.5 Å². The molecule has 0 aliphatic carbocycles. The molecule has 0 radical (unpaired) electrons. The Kier molecular flexibility index (Phi) is 3.99. The van der Waals surface area contributed by atoms with Crippen LogP contribution in [0.2, 0.25) is 5.02 Å². The van der Waals surface area contributed by atoms with Gasteiger partial charge in [-0.1, -0.05) is 17.7 Å².